The molecule has 0 saturated carbocycles. The Balaban J connectivity index is 2.18. The van der Waals surface area contributed by atoms with E-state index in [1.807, 2.05) is 16.8 Å². The van der Waals surface area contributed by atoms with Gasteiger partial charge in [-0.1, -0.05) is 0 Å². The fourth-order valence-corrected chi connectivity index (χ4v) is 2.32. The van der Waals surface area contributed by atoms with E-state index in [4.69, 9.17) is 14.2 Å². The van der Waals surface area contributed by atoms with Crippen LogP contribution in [-0.4, -0.2) is 30.9 Å². The fraction of sp³-hybridized carbons (Fsp3) is 0.308. The largest absolute Gasteiger partial charge is 0.493 e. The van der Waals surface area contributed by atoms with Crippen LogP contribution < -0.4 is 19.5 Å². The summed E-state index contributed by atoms with van der Waals surface area (Å²) in [5.41, 5.74) is 1.94. The molecule has 19 heavy (non-hydrogen) atoms. The monoisotopic (exact) mass is 261 g/mol. The van der Waals surface area contributed by atoms with E-state index in [0.29, 0.717) is 23.8 Å². The maximum absolute atomic E-state index is 5.46. The molecule has 0 fully saturated rings. The molecule has 1 aliphatic rings. The summed E-state index contributed by atoms with van der Waals surface area (Å²) in [5.74, 6) is 2.66. The number of aromatic nitrogens is 2. The van der Waals surface area contributed by atoms with Crippen molar-refractivity contribution in [3.63, 3.8) is 0 Å². The van der Waals surface area contributed by atoms with Crippen molar-refractivity contribution in [3.8, 4) is 17.2 Å². The van der Waals surface area contributed by atoms with E-state index in [0.717, 1.165) is 17.2 Å². The Morgan fingerprint density at radius 1 is 1.16 bits per heavy atom. The highest BCUT2D eigenvalue weighted by molar-refractivity contribution is 5.76. The molecule has 1 aliphatic heterocycles. The lowest BCUT2D eigenvalue weighted by Crippen LogP contribution is -2.14. The summed E-state index contributed by atoms with van der Waals surface area (Å²) in [4.78, 5) is 4.25. The van der Waals surface area contributed by atoms with E-state index in [2.05, 4.69) is 10.3 Å². The second-order valence-electron chi connectivity index (χ2n) is 4.18. The lowest BCUT2D eigenvalue weighted by molar-refractivity contribution is 0.324. The molecule has 0 radical (unpaired) electrons. The summed E-state index contributed by atoms with van der Waals surface area (Å²) in [6.45, 7) is 0.717. The van der Waals surface area contributed by atoms with Gasteiger partial charge >= 0.3 is 0 Å². The number of anilines is 2. The quantitative estimate of drug-likeness (QED) is 0.781. The zero-order chi connectivity index (χ0) is 13.4. The number of methoxy groups -OCH3 is 3. The minimum Gasteiger partial charge on any atom is -0.493 e. The van der Waals surface area contributed by atoms with Crippen molar-refractivity contribution in [2.24, 2.45) is 0 Å². The molecule has 0 unspecified atom stereocenters. The molecule has 1 aromatic carbocycles. The number of imidazole rings is 1. The third kappa shape index (κ3) is 1.68. The van der Waals surface area contributed by atoms with Crippen molar-refractivity contribution < 1.29 is 14.2 Å². The van der Waals surface area contributed by atoms with E-state index in [1.165, 1.54) is 0 Å². The molecule has 6 nitrogen and oxygen atoms in total. The summed E-state index contributed by atoms with van der Waals surface area (Å²) >= 11 is 0. The van der Waals surface area contributed by atoms with Crippen LogP contribution in [0.25, 0.3) is 0 Å². The topological polar surface area (TPSA) is 57.5 Å². The van der Waals surface area contributed by atoms with Gasteiger partial charge in [0.1, 0.15) is 0 Å². The Labute approximate surface area is 110 Å². The molecule has 0 aliphatic carbocycles. The summed E-state index contributed by atoms with van der Waals surface area (Å²) in [6.07, 6.45) is 3.68. The number of rotatable bonds is 3. The van der Waals surface area contributed by atoms with E-state index in [-0.39, 0.29) is 0 Å². The summed E-state index contributed by atoms with van der Waals surface area (Å²) in [5, 5.41) is 3.26. The van der Waals surface area contributed by atoms with Crippen LogP contribution in [0.1, 0.15) is 5.56 Å². The number of benzene rings is 1. The smallest absolute Gasteiger partial charge is 0.207 e. The first kappa shape index (κ1) is 11.7. The van der Waals surface area contributed by atoms with Gasteiger partial charge in [-0.15, -0.1) is 0 Å². The maximum atomic E-state index is 5.46. The van der Waals surface area contributed by atoms with Crippen molar-refractivity contribution in [2.75, 3.05) is 26.6 Å². The minimum atomic E-state index is 0.580. The second-order valence-corrected chi connectivity index (χ2v) is 4.18. The van der Waals surface area contributed by atoms with Crippen LogP contribution in [0, 0.1) is 0 Å². The lowest BCUT2D eigenvalue weighted by atomic mass is 10.1. The standard InChI is InChI=1S/C13H15N3O3/c1-17-9-6-8-7-16-5-4-14-13(16)15-10(8)12(19-3)11(9)18-2/h4-6H,7H2,1-3H3,(H,14,15). The molecule has 0 spiro atoms. The zero-order valence-electron chi connectivity index (χ0n) is 11.1. The molecular weight excluding hydrogens is 246 g/mol. The SMILES string of the molecule is COc1cc2c(c(OC)c1OC)Nc1nccn1C2. The normalized spacial score (nSPS) is 12.2. The summed E-state index contributed by atoms with van der Waals surface area (Å²) in [6, 6.07) is 1.95. The number of fused-ring (bicyclic) bond motifs is 2. The first-order valence-corrected chi connectivity index (χ1v) is 5.88. The van der Waals surface area contributed by atoms with Crippen molar-refractivity contribution >= 4 is 11.6 Å². The van der Waals surface area contributed by atoms with Gasteiger partial charge in [-0.3, -0.25) is 0 Å². The molecular formula is C13H15N3O3. The first-order valence-electron chi connectivity index (χ1n) is 5.88. The molecule has 0 saturated heterocycles. The lowest BCUT2D eigenvalue weighted by Gasteiger charge is -2.24. The summed E-state index contributed by atoms with van der Waals surface area (Å²) in [7, 11) is 4.82. The Morgan fingerprint density at radius 2 is 1.95 bits per heavy atom. The predicted octanol–water partition coefficient (Wildman–Crippen LogP) is 2.01. The van der Waals surface area contributed by atoms with Crippen LogP contribution in [0.3, 0.4) is 0 Å². The average molecular weight is 261 g/mol. The highest BCUT2D eigenvalue weighted by Gasteiger charge is 2.25. The van der Waals surface area contributed by atoms with Gasteiger partial charge in [0, 0.05) is 18.0 Å². The fourth-order valence-electron chi connectivity index (χ4n) is 2.32. The van der Waals surface area contributed by atoms with Crippen molar-refractivity contribution in [1.82, 2.24) is 9.55 Å². The van der Waals surface area contributed by atoms with E-state index in [9.17, 15) is 0 Å². The van der Waals surface area contributed by atoms with Gasteiger partial charge in [-0.2, -0.15) is 0 Å². The molecule has 0 atom stereocenters. The molecule has 100 valence electrons. The Morgan fingerprint density at radius 3 is 2.63 bits per heavy atom. The maximum Gasteiger partial charge on any atom is 0.207 e. The molecule has 1 N–H and O–H groups in total. The van der Waals surface area contributed by atoms with Crippen molar-refractivity contribution in [1.29, 1.82) is 0 Å². The van der Waals surface area contributed by atoms with Gasteiger partial charge in [0.2, 0.25) is 11.7 Å². The van der Waals surface area contributed by atoms with E-state index in [1.54, 1.807) is 27.5 Å². The van der Waals surface area contributed by atoms with Crippen molar-refractivity contribution in [2.45, 2.75) is 6.54 Å². The summed E-state index contributed by atoms with van der Waals surface area (Å²) < 4.78 is 18.2. The van der Waals surface area contributed by atoms with Crippen LogP contribution in [0.15, 0.2) is 18.5 Å². The Kier molecular flexibility index (Phi) is 2.70. The van der Waals surface area contributed by atoms with Gasteiger partial charge in [0.15, 0.2) is 11.5 Å². The number of ether oxygens (including phenoxy) is 3. The molecule has 0 amide bonds. The number of nitrogens with zero attached hydrogens (tertiary/aromatic N) is 2. The third-order valence-corrected chi connectivity index (χ3v) is 3.20. The minimum absolute atomic E-state index is 0.580. The van der Waals surface area contributed by atoms with E-state index < -0.39 is 0 Å². The van der Waals surface area contributed by atoms with Gasteiger partial charge in [-0.25, -0.2) is 4.98 Å². The molecule has 1 aromatic heterocycles. The van der Waals surface area contributed by atoms with Crippen molar-refractivity contribution in [3.05, 3.63) is 24.0 Å². The van der Waals surface area contributed by atoms with Gasteiger partial charge in [0.05, 0.1) is 33.6 Å². The first-order chi connectivity index (χ1) is 9.28. The molecule has 2 heterocycles. The van der Waals surface area contributed by atoms with E-state index >= 15 is 0 Å². The molecule has 6 heteroatoms. The highest BCUT2D eigenvalue weighted by atomic mass is 16.5. The van der Waals surface area contributed by atoms with Crippen LogP contribution in [0.2, 0.25) is 0 Å². The van der Waals surface area contributed by atoms with Crippen LogP contribution in [-0.2, 0) is 6.54 Å². The Bertz CT molecular complexity index is 622. The number of nitrogens with one attached hydrogen (secondary N) is 1. The molecule has 3 rings (SSSR count). The van der Waals surface area contributed by atoms with Gasteiger partial charge in [0.25, 0.3) is 0 Å². The highest BCUT2D eigenvalue weighted by Crippen LogP contribution is 2.47. The zero-order valence-corrected chi connectivity index (χ0v) is 11.1. The third-order valence-electron chi connectivity index (χ3n) is 3.20. The van der Waals surface area contributed by atoms with Gasteiger partial charge < -0.3 is 24.1 Å². The van der Waals surface area contributed by atoms with Crippen LogP contribution in [0.5, 0.6) is 17.2 Å². The van der Waals surface area contributed by atoms with Crippen LogP contribution >= 0.6 is 0 Å². The van der Waals surface area contributed by atoms with Crippen LogP contribution in [0.4, 0.5) is 11.6 Å². The number of hydrogen-bond donors (Lipinski definition) is 1. The molecule has 0 bridgehead atoms. The predicted molar refractivity (Wildman–Crippen MR) is 70.7 cm³/mol. The molecule has 2 aromatic rings. The van der Waals surface area contributed by atoms with Gasteiger partial charge in [-0.05, 0) is 6.07 Å². The average Bonchev–Trinajstić information content (AvgIpc) is 2.89. The second kappa shape index (κ2) is 4.38. The Hall–Kier alpha value is -2.37. The number of hydrogen-bond acceptors (Lipinski definition) is 5.